The number of piperazine rings is 1. The van der Waals surface area contributed by atoms with E-state index in [2.05, 4.69) is 21.3 Å². The summed E-state index contributed by atoms with van der Waals surface area (Å²) >= 11 is 1.97. The second-order valence-electron chi connectivity index (χ2n) is 5.42. The Hall–Kier alpha value is -1.07. The maximum atomic E-state index is 12.8. The summed E-state index contributed by atoms with van der Waals surface area (Å²) in [6.45, 7) is 2.53. The van der Waals surface area contributed by atoms with Gasteiger partial charge in [-0.05, 0) is 36.0 Å². The van der Waals surface area contributed by atoms with Gasteiger partial charge in [0.05, 0.1) is 6.04 Å². The number of aromatic nitrogens is 1. The fourth-order valence-electron chi connectivity index (χ4n) is 3.02. The number of hydrogen-bond acceptors (Lipinski definition) is 4. The molecule has 2 saturated heterocycles. The molecule has 0 saturated carbocycles. The minimum absolute atomic E-state index is 0.138. The zero-order chi connectivity index (χ0) is 13.8. The van der Waals surface area contributed by atoms with Crippen LogP contribution in [-0.2, 0) is 4.79 Å². The van der Waals surface area contributed by atoms with Gasteiger partial charge >= 0.3 is 0 Å². The van der Waals surface area contributed by atoms with E-state index in [9.17, 15) is 4.79 Å². The number of hydrogen-bond donors (Lipinski definition) is 1. The lowest BCUT2D eigenvalue weighted by molar-refractivity contribution is -0.139. The Labute approximate surface area is 124 Å². The molecule has 2 aliphatic rings. The normalized spacial score (nSPS) is 24.6. The van der Waals surface area contributed by atoms with E-state index in [0.717, 1.165) is 49.5 Å². The minimum Gasteiger partial charge on any atom is -0.333 e. The Kier molecular flexibility index (Phi) is 4.58. The molecule has 5 heteroatoms. The third-order valence-corrected chi connectivity index (χ3v) is 5.21. The number of rotatable bonds is 2. The molecular weight excluding hydrogens is 270 g/mol. The molecule has 4 nitrogen and oxygen atoms in total. The van der Waals surface area contributed by atoms with Crippen molar-refractivity contribution in [2.75, 3.05) is 31.1 Å². The van der Waals surface area contributed by atoms with Crippen LogP contribution in [0.3, 0.4) is 0 Å². The molecular formula is C15H21N3OS. The highest BCUT2D eigenvalue weighted by atomic mass is 32.2. The molecule has 0 spiro atoms. The second kappa shape index (κ2) is 6.59. The predicted molar refractivity (Wildman–Crippen MR) is 81.6 cm³/mol. The molecule has 3 rings (SSSR count). The van der Waals surface area contributed by atoms with Crippen LogP contribution >= 0.6 is 11.8 Å². The van der Waals surface area contributed by atoms with E-state index >= 15 is 0 Å². The molecule has 0 aliphatic carbocycles. The number of amides is 1. The number of thioether (sulfide) groups is 1. The van der Waals surface area contributed by atoms with Gasteiger partial charge in [-0.2, -0.15) is 11.8 Å². The number of nitrogens with zero attached hydrogens (tertiary/aromatic N) is 2. The summed E-state index contributed by atoms with van der Waals surface area (Å²) < 4.78 is 0. The molecule has 2 fully saturated rings. The largest absolute Gasteiger partial charge is 0.333 e. The van der Waals surface area contributed by atoms with Crippen LogP contribution in [0, 0.1) is 5.92 Å². The van der Waals surface area contributed by atoms with Gasteiger partial charge in [-0.15, -0.1) is 0 Å². The molecule has 1 atom stereocenters. The van der Waals surface area contributed by atoms with Crippen molar-refractivity contribution in [1.82, 2.24) is 15.2 Å². The smallest absolute Gasteiger partial charge is 0.226 e. The van der Waals surface area contributed by atoms with Crippen LogP contribution in [0.5, 0.6) is 0 Å². The molecule has 0 bridgehead atoms. The van der Waals surface area contributed by atoms with E-state index in [4.69, 9.17) is 0 Å². The maximum absolute atomic E-state index is 12.8. The van der Waals surface area contributed by atoms with Gasteiger partial charge in [0.25, 0.3) is 0 Å². The van der Waals surface area contributed by atoms with Gasteiger partial charge in [0.15, 0.2) is 0 Å². The molecule has 20 heavy (non-hydrogen) atoms. The van der Waals surface area contributed by atoms with Crippen molar-refractivity contribution in [3.05, 3.63) is 30.1 Å². The molecule has 0 aromatic carbocycles. The summed E-state index contributed by atoms with van der Waals surface area (Å²) in [6.07, 6.45) is 5.74. The summed E-state index contributed by atoms with van der Waals surface area (Å²) in [5, 5.41) is 3.40. The van der Waals surface area contributed by atoms with Gasteiger partial charge in [0.2, 0.25) is 5.91 Å². The first-order valence-corrected chi connectivity index (χ1v) is 8.50. The zero-order valence-corrected chi connectivity index (χ0v) is 12.4. The fourth-order valence-corrected chi connectivity index (χ4v) is 4.12. The van der Waals surface area contributed by atoms with Crippen LogP contribution in [0.1, 0.15) is 24.4 Å². The average Bonchev–Trinajstić information content (AvgIpc) is 2.56. The van der Waals surface area contributed by atoms with Gasteiger partial charge < -0.3 is 10.2 Å². The summed E-state index contributed by atoms with van der Waals surface area (Å²) in [4.78, 5) is 19.1. The van der Waals surface area contributed by atoms with Crippen molar-refractivity contribution in [2.45, 2.75) is 18.9 Å². The van der Waals surface area contributed by atoms with E-state index in [0.29, 0.717) is 5.91 Å². The molecule has 1 amide bonds. The van der Waals surface area contributed by atoms with Crippen LogP contribution in [0.15, 0.2) is 24.5 Å². The zero-order valence-electron chi connectivity index (χ0n) is 11.6. The molecule has 2 aliphatic heterocycles. The number of nitrogens with one attached hydrogen (secondary N) is 1. The first-order valence-electron chi connectivity index (χ1n) is 7.35. The van der Waals surface area contributed by atoms with Crippen molar-refractivity contribution >= 4 is 17.7 Å². The Bertz CT molecular complexity index is 448. The summed E-state index contributed by atoms with van der Waals surface area (Å²) in [7, 11) is 0. The van der Waals surface area contributed by atoms with Gasteiger partial charge in [0, 0.05) is 37.9 Å². The fraction of sp³-hybridized carbons (Fsp3) is 0.600. The van der Waals surface area contributed by atoms with Crippen molar-refractivity contribution in [1.29, 1.82) is 0 Å². The summed E-state index contributed by atoms with van der Waals surface area (Å²) in [5.74, 6) is 2.83. The molecule has 1 unspecified atom stereocenters. The minimum atomic E-state index is 0.138. The highest BCUT2D eigenvalue weighted by Gasteiger charge is 2.32. The van der Waals surface area contributed by atoms with E-state index in [1.807, 2.05) is 24.0 Å². The van der Waals surface area contributed by atoms with E-state index < -0.39 is 0 Å². The highest BCUT2D eigenvalue weighted by Crippen LogP contribution is 2.29. The van der Waals surface area contributed by atoms with Gasteiger partial charge in [-0.3, -0.25) is 9.78 Å². The summed E-state index contributed by atoms with van der Waals surface area (Å²) in [5.41, 5.74) is 1.14. The SMILES string of the molecule is O=C(C1CCSCC1)N1CCNCC1c1cccnc1. The Morgan fingerprint density at radius 1 is 1.40 bits per heavy atom. The first kappa shape index (κ1) is 13.9. The summed E-state index contributed by atoms with van der Waals surface area (Å²) in [6, 6.07) is 4.16. The average molecular weight is 291 g/mol. The van der Waals surface area contributed by atoms with E-state index in [-0.39, 0.29) is 12.0 Å². The van der Waals surface area contributed by atoms with Gasteiger partial charge in [-0.25, -0.2) is 0 Å². The lowest BCUT2D eigenvalue weighted by Gasteiger charge is -2.39. The van der Waals surface area contributed by atoms with Crippen LogP contribution in [0.2, 0.25) is 0 Å². The second-order valence-corrected chi connectivity index (χ2v) is 6.65. The number of carbonyl (C=O) groups is 1. The Balaban J connectivity index is 1.76. The highest BCUT2D eigenvalue weighted by molar-refractivity contribution is 7.99. The molecule has 0 radical (unpaired) electrons. The molecule has 1 N–H and O–H groups in total. The van der Waals surface area contributed by atoms with Gasteiger partial charge in [0.1, 0.15) is 0 Å². The van der Waals surface area contributed by atoms with Gasteiger partial charge in [-0.1, -0.05) is 6.07 Å². The standard InChI is InChI=1S/C15H21N3OS/c19-15(12-3-8-20-9-4-12)18-7-6-17-11-14(18)13-2-1-5-16-10-13/h1-2,5,10,12,14,17H,3-4,6-9,11H2. The number of pyridine rings is 1. The lowest BCUT2D eigenvalue weighted by atomic mass is 9.97. The Morgan fingerprint density at radius 2 is 2.25 bits per heavy atom. The molecule has 1 aromatic rings. The van der Waals surface area contributed by atoms with Crippen molar-refractivity contribution in [3.8, 4) is 0 Å². The topological polar surface area (TPSA) is 45.2 Å². The molecule has 108 valence electrons. The predicted octanol–water partition coefficient (Wildman–Crippen LogP) is 1.70. The van der Waals surface area contributed by atoms with E-state index in [1.165, 1.54) is 0 Å². The maximum Gasteiger partial charge on any atom is 0.226 e. The van der Waals surface area contributed by atoms with E-state index in [1.54, 1.807) is 6.20 Å². The van der Waals surface area contributed by atoms with Crippen molar-refractivity contribution in [2.24, 2.45) is 5.92 Å². The van der Waals surface area contributed by atoms with Crippen molar-refractivity contribution < 1.29 is 4.79 Å². The lowest BCUT2D eigenvalue weighted by Crippen LogP contribution is -2.50. The quantitative estimate of drug-likeness (QED) is 0.901. The third-order valence-electron chi connectivity index (χ3n) is 4.17. The number of carbonyl (C=O) groups excluding carboxylic acids is 1. The first-order chi connectivity index (χ1) is 9.86. The monoisotopic (exact) mass is 291 g/mol. The van der Waals surface area contributed by atoms with Crippen LogP contribution in [-0.4, -0.2) is 46.9 Å². The molecule has 1 aromatic heterocycles. The van der Waals surface area contributed by atoms with Crippen LogP contribution in [0.25, 0.3) is 0 Å². The van der Waals surface area contributed by atoms with Crippen molar-refractivity contribution in [3.63, 3.8) is 0 Å². The third kappa shape index (κ3) is 2.99. The molecule has 3 heterocycles. The van der Waals surface area contributed by atoms with Crippen LogP contribution in [0.4, 0.5) is 0 Å². The Morgan fingerprint density at radius 3 is 3.00 bits per heavy atom. The van der Waals surface area contributed by atoms with Crippen LogP contribution < -0.4 is 5.32 Å².